The highest BCUT2D eigenvalue weighted by molar-refractivity contribution is 7.25. The van der Waals surface area contributed by atoms with Crippen LogP contribution in [0.3, 0.4) is 0 Å². The Kier molecular flexibility index (Phi) is 7.37. The molecule has 5 nitrogen and oxygen atoms in total. The van der Waals surface area contributed by atoms with Crippen molar-refractivity contribution >= 4 is 70.7 Å². The second-order valence-electron chi connectivity index (χ2n) is 15.1. The van der Waals surface area contributed by atoms with Crippen molar-refractivity contribution in [2.24, 2.45) is 4.99 Å². The zero-order valence-electron chi connectivity index (χ0n) is 30.8. The Labute approximate surface area is 333 Å². The number of fused-ring (bicyclic) bond motifs is 9. The van der Waals surface area contributed by atoms with Crippen LogP contribution in [0, 0.1) is 0 Å². The minimum atomic E-state index is -0.231. The Bertz CT molecular complexity index is 3120. The molecule has 0 saturated heterocycles. The number of para-hydroxylation sites is 3. The normalized spacial score (nSPS) is 19.9. The molecule has 9 aromatic rings. The fraction of sp³-hybridized carbons (Fsp3) is 0.0784. The van der Waals surface area contributed by atoms with Gasteiger partial charge in [0.1, 0.15) is 23.8 Å². The van der Waals surface area contributed by atoms with E-state index in [9.17, 15) is 0 Å². The van der Waals surface area contributed by atoms with Crippen molar-refractivity contribution in [2.75, 3.05) is 4.90 Å². The molecular weight excluding hydrogens is 717 g/mol. The number of benzene rings is 7. The molecule has 4 unspecified atom stereocenters. The first-order valence-corrected chi connectivity index (χ1v) is 20.4. The lowest BCUT2D eigenvalue weighted by Crippen LogP contribution is -2.44. The molecule has 6 heteroatoms. The van der Waals surface area contributed by atoms with E-state index in [0.717, 1.165) is 55.7 Å². The summed E-state index contributed by atoms with van der Waals surface area (Å²) in [7, 11) is 0. The van der Waals surface area contributed by atoms with Gasteiger partial charge in [-0.2, -0.15) is 0 Å². The number of furan rings is 1. The van der Waals surface area contributed by atoms with Crippen LogP contribution in [0.1, 0.15) is 40.5 Å². The number of amidine groups is 1. The summed E-state index contributed by atoms with van der Waals surface area (Å²) in [5.41, 5.74) is 11.1. The van der Waals surface area contributed by atoms with Gasteiger partial charge in [0, 0.05) is 53.7 Å². The molecule has 7 aromatic carbocycles. The third-order valence-electron chi connectivity index (χ3n) is 11.9. The van der Waals surface area contributed by atoms with Gasteiger partial charge in [0.2, 0.25) is 0 Å². The van der Waals surface area contributed by atoms with Crippen LogP contribution in [0.15, 0.2) is 191 Å². The van der Waals surface area contributed by atoms with Crippen LogP contribution < -0.4 is 15.5 Å². The van der Waals surface area contributed by atoms with Gasteiger partial charge in [-0.25, -0.2) is 4.99 Å². The van der Waals surface area contributed by atoms with Gasteiger partial charge in [0.15, 0.2) is 5.58 Å². The number of rotatable bonds is 5. The molecule has 4 heterocycles. The predicted octanol–water partition coefficient (Wildman–Crippen LogP) is 12.7. The topological polar surface area (TPSA) is 52.8 Å². The molecule has 0 saturated carbocycles. The van der Waals surface area contributed by atoms with Gasteiger partial charge in [-0.1, -0.05) is 146 Å². The van der Waals surface area contributed by atoms with E-state index in [0.29, 0.717) is 5.92 Å². The summed E-state index contributed by atoms with van der Waals surface area (Å²) in [6.45, 7) is 0. The summed E-state index contributed by atoms with van der Waals surface area (Å²) >= 11 is 1.83. The van der Waals surface area contributed by atoms with E-state index in [1.54, 1.807) is 0 Å². The second-order valence-corrected chi connectivity index (χ2v) is 16.2. The van der Waals surface area contributed by atoms with Crippen LogP contribution in [0.5, 0.6) is 0 Å². The van der Waals surface area contributed by atoms with Gasteiger partial charge in [0.25, 0.3) is 0 Å². The minimum Gasteiger partial charge on any atom is -0.453 e. The first-order valence-electron chi connectivity index (χ1n) is 19.6. The molecule has 0 fully saturated rings. The average molecular weight is 753 g/mol. The van der Waals surface area contributed by atoms with Crippen molar-refractivity contribution in [3.63, 3.8) is 0 Å². The molecule has 2 aromatic heterocycles. The number of nitrogens with one attached hydrogen (secondary N) is 2. The summed E-state index contributed by atoms with van der Waals surface area (Å²) in [5.74, 6) is 1.19. The van der Waals surface area contributed by atoms with Gasteiger partial charge in [-0.05, 0) is 58.7 Å². The molecule has 4 atom stereocenters. The van der Waals surface area contributed by atoms with Crippen LogP contribution in [-0.2, 0) is 0 Å². The molecule has 1 aliphatic carbocycles. The highest BCUT2D eigenvalue weighted by Crippen LogP contribution is 2.50. The molecule has 0 radical (unpaired) electrons. The van der Waals surface area contributed by atoms with E-state index in [1.165, 1.54) is 37.0 Å². The largest absolute Gasteiger partial charge is 0.453 e. The number of hydrogen-bond donors (Lipinski definition) is 2. The van der Waals surface area contributed by atoms with Crippen LogP contribution in [0.2, 0.25) is 0 Å². The lowest BCUT2D eigenvalue weighted by Gasteiger charge is -2.32. The Morgan fingerprint density at radius 3 is 2.16 bits per heavy atom. The highest BCUT2D eigenvalue weighted by Gasteiger charge is 2.38. The molecule has 2 aliphatic heterocycles. The van der Waals surface area contributed by atoms with E-state index in [4.69, 9.17) is 9.41 Å². The van der Waals surface area contributed by atoms with E-state index in [1.807, 2.05) is 17.4 Å². The Morgan fingerprint density at radius 1 is 0.561 bits per heavy atom. The van der Waals surface area contributed by atoms with Crippen LogP contribution >= 0.6 is 11.3 Å². The van der Waals surface area contributed by atoms with Crippen molar-refractivity contribution in [3.8, 4) is 11.1 Å². The van der Waals surface area contributed by atoms with Gasteiger partial charge in [-0.3, -0.25) is 5.32 Å². The van der Waals surface area contributed by atoms with Gasteiger partial charge >= 0.3 is 0 Å². The summed E-state index contributed by atoms with van der Waals surface area (Å²) in [6, 6.07) is 56.7. The number of thiophene rings is 1. The molecule has 0 spiro atoms. The summed E-state index contributed by atoms with van der Waals surface area (Å²) in [6.07, 6.45) is 8.67. The molecule has 2 N–H and O–H groups in total. The summed E-state index contributed by atoms with van der Waals surface area (Å²) < 4.78 is 9.56. The number of aliphatic imine (C=N–C) groups is 1. The maximum Gasteiger partial charge on any atom is 0.159 e. The fourth-order valence-corrected chi connectivity index (χ4v) is 10.3. The summed E-state index contributed by atoms with van der Waals surface area (Å²) in [4.78, 5) is 7.70. The monoisotopic (exact) mass is 752 g/mol. The van der Waals surface area contributed by atoms with Crippen molar-refractivity contribution in [3.05, 3.63) is 204 Å². The average Bonchev–Trinajstić information content (AvgIpc) is 3.96. The first kappa shape index (κ1) is 32.5. The van der Waals surface area contributed by atoms with E-state index < -0.39 is 0 Å². The quantitative estimate of drug-likeness (QED) is 0.184. The van der Waals surface area contributed by atoms with Gasteiger partial charge in [-0.15, -0.1) is 11.3 Å². The zero-order valence-corrected chi connectivity index (χ0v) is 31.7. The predicted molar refractivity (Wildman–Crippen MR) is 237 cm³/mol. The lowest BCUT2D eigenvalue weighted by atomic mass is 9.91. The van der Waals surface area contributed by atoms with Crippen molar-refractivity contribution < 1.29 is 4.42 Å². The first-order chi connectivity index (χ1) is 28.2. The number of nitrogens with zero attached hydrogens (tertiary/aromatic N) is 2. The Balaban J connectivity index is 0.964. The molecule has 3 aliphatic rings. The van der Waals surface area contributed by atoms with Crippen molar-refractivity contribution in [1.82, 2.24) is 10.6 Å². The third kappa shape index (κ3) is 5.22. The smallest absolute Gasteiger partial charge is 0.159 e. The number of hydrogen-bond acceptors (Lipinski definition) is 6. The Hall–Kier alpha value is -6.73. The maximum absolute atomic E-state index is 7.04. The highest BCUT2D eigenvalue weighted by atomic mass is 32.1. The standard InChI is InChI=1S/C51H36N4OS/c1-3-13-31(14-4-1)49-52-50(32-15-5-2-6-16-32)54-51(53-49)34-26-28-46-41(30-34)40-29-33(25-27-45(40)57-46)35-19-11-20-38-39-21-12-24-44(48(39)56-47(35)38)55-42-22-9-7-17-36(42)37-18-8-10-23-43(37)55/h1-30,36,42,49,51,53H,(H,52,54). The zero-order chi connectivity index (χ0) is 37.5. The van der Waals surface area contributed by atoms with Crippen LogP contribution in [0.25, 0.3) is 53.2 Å². The Morgan fingerprint density at radius 2 is 1.28 bits per heavy atom. The van der Waals surface area contributed by atoms with E-state index in [2.05, 4.69) is 191 Å². The van der Waals surface area contributed by atoms with Crippen LogP contribution in [-0.4, -0.2) is 11.9 Å². The third-order valence-corrected chi connectivity index (χ3v) is 13.0. The van der Waals surface area contributed by atoms with E-state index >= 15 is 0 Å². The SMILES string of the molecule is C1=CC2c3ccccc3N(c3cccc4c3oc3c(-c5ccc6sc7ccc(C8N=C(c9ccccc9)NC(c9ccccc9)N8)cc7c6c5)cccc34)C2C=C1. The second kappa shape index (κ2) is 12.9. The van der Waals surface area contributed by atoms with E-state index in [-0.39, 0.29) is 18.4 Å². The molecule has 0 amide bonds. The van der Waals surface area contributed by atoms with Crippen molar-refractivity contribution in [1.29, 1.82) is 0 Å². The van der Waals surface area contributed by atoms with Crippen molar-refractivity contribution in [2.45, 2.75) is 24.3 Å². The molecule has 272 valence electrons. The maximum atomic E-state index is 7.04. The molecular formula is C51H36N4OS. The number of allylic oxidation sites excluding steroid dienone is 2. The number of anilines is 2. The van der Waals surface area contributed by atoms with Gasteiger partial charge in [0.05, 0.1) is 11.7 Å². The molecule has 12 rings (SSSR count). The minimum absolute atomic E-state index is 0.0900. The lowest BCUT2D eigenvalue weighted by molar-refractivity contribution is 0.409. The summed E-state index contributed by atoms with van der Waals surface area (Å²) in [5, 5.41) is 12.2. The van der Waals surface area contributed by atoms with Gasteiger partial charge < -0.3 is 14.6 Å². The molecule has 57 heavy (non-hydrogen) atoms. The van der Waals surface area contributed by atoms with Crippen LogP contribution in [0.4, 0.5) is 11.4 Å². The fourth-order valence-electron chi connectivity index (χ4n) is 9.21. The molecule has 0 bridgehead atoms.